The van der Waals surface area contributed by atoms with E-state index in [0.29, 0.717) is 0 Å². The van der Waals surface area contributed by atoms with Crippen LogP contribution < -0.4 is 0 Å². The van der Waals surface area contributed by atoms with Gasteiger partial charge in [-0.15, -0.1) is 0 Å². The van der Waals surface area contributed by atoms with Crippen molar-refractivity contribution in [1.29, 1.82) is 0 Å². The summed E-state index contributed by atoms with van der Waals surface area (Å²) in [6.45, 7) is 1.65. The first-order valence-corrected chi connectivity index (χ1v) is 6.26. The lowest BCUT2D eigenvalue weighted by atomic mass is 9.80. The lowest BCUT2D eigenvalue weighted by Crippen LogP contribution is -2.56. The molecule has 0 aromatic rings. The van der Waals surface area contributed by atoms with Gasteiger partial charge in [0.15, 0.2) is 0 Å². The highest BCUT2D eigenvalue weighted by molar-refractivity contribution is 7.88. The zero-order chi connectivity index (χ0) is 11.9. The van der Waals surface area contributed by atoms with Gasteiger partial charge in [0, 0.05) is 12.3 Å². The molecule has 3 saturated heterocycles. The van der Waals surface area contributed by atoms with Gasteiger partial charge in [0.05, 0.1) is 6.10 Å². The Hall–Kier alpha value is -0.340. The van der Waals surface area contributed by atoms with Crippen LogP contribution in [-0.2, 0) is 19.0 Å². The Bertz CT molecular complexity index is 445. The summed E-state index contributed by atoms with van der Waals surface area (Å²) >= 11 is 0. The highest BCUT2D eigenvalue weighted by Crippen LogP contribution is 2.61. The molecule has 8 heteroatoms. The van der Waals surface area contributed by atoms with Crippen molar-refractivity contribution in [2.45, 2.75) is 42.6 Å². The zero-order valence-corrected chi connectivity index (χ0v) is 9.01. The summed E-state index contributed by atoms with van der Waals surface area (Å²) in [5, 5.41) is 0. The highest BCUT2D eigenvalue weighted by Gasteiger charge is 2.83. The number of alkyl halides is 3. The zero-order valence-electron chi connectivity index (χ0n) is 8.19. The molecule has 0 radical (unpaired) electrons. The summed E-state index contributed by atoms with van der Waals surface area (Å²) in [4.78, 5) is 0. The standard InChI is InChI=1S/C8H9F3O4S/c1-3-4-2-7(8(9,10)11)6(14-4)5(3)15-16(7,12)13/h3-6H,2H2,1H3. The van der Waals surface area contributed by atoms with Crippen LogP contribution in [0.3, 0.4) is 0 Å². The molecule has 5 unspecified atom stereocenters. The quantitative estimate of drug-likeness (QED) is 0.604. The molecule has 0 amide bonds. The first-order valence-electron chi connectivity index (χ1n) is 4.86. The van der Waals surface area contributed by atoms with Gasteiger partial charge in [-0.05, 0) is 0 Å². The van der Waals surface area contributed by atoms with E-state index in [-0.39, 0.29) is 5.92 Å². The Morgan fingerprint density at radius 2 is 2.00 bits per heavy atom. The highest BCUT2D eigenvalue weighted by atomic mass is 32.2. The second-order valence-corrected chi connectivity index (χ2v) is 6.39. The predicted octanol–water partition coefficient (Wildman–Crippen LogP) is 0.823. The fraction of sp³-hybridized carbons (Fsp3) is 1.00. The van der Waals surface area contributed by atoms with Crippen molar-refractivity contribution in [3.05, 3.63) is 0 Å². The summed E-state index contributed by atoms with van der Waals surface area (Å²) < 4.78 is 69.0. The van der Waals surface area contributed by atoms with Gasteiger partial charge in [0.1, 0.15) is 12.2 Å². The van der Waals surface area contributed by atoms with Crippen molar-refractivity contribution in [2.24, 2.45) is 5.92 Å². The Kier molecular flexibility index (Phi) is 1.73. The molecule has 3 rings (SSSR count). The number of ether oxygens (including phenoxy) is 1. The van der Waals surface area contributed by atoms with Crippen LogP contribution in [0, 0.1) is 5.92 Å². The van der Waals surface area contributed by atoms with E-state index >= 15 is 0 Å². The topological polar surface area (TPSA) is 52.6 Å². The molecule has 3 heterocycles. The predicted molar refractivity (Wildman–Crippen MR) is 45.0 cm³/mol. The second kappa shape index (κ2) is 2.56. The Balaban J connectivity index is 2.20. The Labute approximate surface area is 89.8 Å². The number of hydrogen-bond donors (Lipinski definition) is 0. The minimum absolute atomic E-state index is 0.308. The maximum absolute atomic E-state index is 13.0. The molecular weight excluding hydrogens is 249 g/mol. The molecule has 4 nitrogen and oxygen atoms in total. The molecule has 2 bridgehead atoms. The minimum atomic E-state index is -4.85. The molecule has 16 heavy (non-hydrogen) atoms. The van der Waals surface area contributed by atoms with Crippen LogP contribution in [0.2, 0.25) is 0 Å². The lowest BCUT2D eigenvalue weighted by Gasteiger charge is -2.29. The van der Waals surface area contributed by atoms with Gasteiger partial charge in [-0.2, -0.15) is 21.6 Å². The number of hydrogen-bond acceptors (Lipinski definition) is 4. The van der Waals surface area contributed by atoms with Crippen molar-refractivity contribution < 1.29 is 30.5 Å². The summed E-state index contributed by atoms with van der Waals surface area (Å²) in [6, 6.07) is 0. The fourth-order valence-electron chi connectivity index (χ4n) is 2.93. The Morgan fingerprint density at radius 1 is 1.38 bits per heavy atom. The van der Waals surface area contributed by atoms with E-state index in [2.05, 4.69) is 4.18 Å². The van der Waals surface area contributed by atoms with Gasteiger partial charge in [0.25, 0.3) is 10.1 Å². The Morgan fingerprint density at radius 3 is 2.50 bits per heavy atom. The largest absolute Gasteiger partial charge is 0.413 e. The monoisotopic (exact) mass is 258 g/mol. The smallest absolute Gasteiger partial charge is 0.370 e. The van der Waals surface area contributed by atoms with Crippen molar-refractivity contribution in [1.82, 2.24) is 0 Å². The number of fused-ring (bicyclic) bond motifs is 1. The van der Waals surface area contributed by atoms with E-state index in [0.717, 1.165) is 0 Å². The van der Waals surface area contributed by atoms with Gasteiger partial charge < -0.3 is 4.74 Å². The van der Waals surface area contributed by atoms with Crippen molar-refractivity contribution >= 4 is 10.1 Å². The van der Waals surface area contributed by atoms with Crippen molar-refractivity contribution in [3.8, 4) is 0 Å². The van der Waals surface area contributed by atoms with E-state index in [9.17, 15) is 21.6 Å². The van der Waals surface area contributed by atoms with Crippen molar-refractivity contribution in [3.63, 3.8) is 0 Å². The molecule has 0 saturated carbocycles. The van der Waals surface area contributed by atoms with Gasteiger partial charge in [-0.3, -0.25) is 4.18 Å². The summed E-state index contributed by atoms with van der Waals surface area (Å²) in [6.07, 6.45) is -8.43. The summed E-state index contributed by atoms with van der Waals surface area (Å²) in [5.74, 6) is -0.308. The lowest BCUT2D eigenvalue weighted by molar-refractivity contribution is -0.171. The third-order valence-electron chi connectivity index (χ3n) is 3.85. The van der Waals surface area contributed by atoms with Gasteiger partial charge in [0.2, 0.25) is 4.75 Å². The third kappa shape index (κ3) is 0.888. The van der Waals surface area contributed by atoms with E-state index in [1.165, 1.54) is 0 Å². The molecular formula is C8H9F3O4S. The van der Waals surface area contributed by atoms with E-state index in [1.54, 1.807) is 6.92 Å². The van der Waals surface area contributed by atoms with Crippen LogP contribution in [0.1, 0.15) is 13.3 Å². The second-order valence-electron chi connectivity index (χ2n) is 4.56. The molecule has 3 aliphatic heterocycles. The molecule has 92 valence electrons. The molecule has 3 fully saturated rings. The molecule has 5 atom stereocenters. The SMILES string of the molecule is CC1C2CC3(C(F)(F)F)C(O2)C1OS3(=O)=O. The van der Waals surface area contributed by atoms with Gasteiger partial charge in [-0.1, -0.05) is 6.92 Å². The van der Waals surface area contributed by atoms with Crippen LogP contribution >= 0.6 is 0 Å². The van der Waals surface area contributed by atoms with Crippen LogP contribution in [0.15, 0.2) is 0 Å². The average molecular weight is 258 g/mol. The van der Waals surface area contributed by atoms with Crippen LogP contribution in [0.25, 0.3) is 0 Å². The first kappa shape index (κ1) is 10.8. The minimum Gasteiger partial charge on any atom is -0.370 e. The maximum Gasteiger partial charge on any atom is 0.413 e. The molecule has 0 N–H and O–H groups in total. The molecule has 0 aromatic carbocycles. The van der Waals surface area contributed by atoms with Crippen molar-refractivity contribution in [2.75, 3.05) is 0 Å². The van der Waals surface area contributed by atoms with Crippen LogP contribution in [-0.4, -0.2) is 37.7 Å². The number of rotatable bonds is 0. The molecule has 0 spiro atoms. The summed E-state index contributed by atoms with van der Waals surface area (Å²) in [5.41, 5.74) is 0. The third-order valence-corrected chi connectivity index (χ3v) is 5.85. The van der Waals surface area contributed by atoms with Crippen LogP contribution in [0.5, 0.6) is 0 Å². The maximum atomic E-state index is 13.0. The van der Waals surface area contributed by atoms with E-state index in [1.807, 2.05) is 0 Å². The van der Waals surface area contributed by atoms with Gasteiger partial charge in [-0.25, -0.2) is 0 Å². The first-order chi connectivity index (χ1) is 7.21. The summed E-state index contributed by atoms with van der Waals surface area (Å²) in [7, 11) is -4.63. The number of halogens is 3. The molecule has 0 aliphatic carbocycles. The van der Waals surface area contributed by atoms with Gasteiger partial charge >= 0.3 is 6.18 Å². The molecule has 0 aromatic heterocycles. The van der Waals surface area contributed by atoms with E-state index in [4.69, 9.17) is 4.74 Å². The van der Waals surface area contributed by atoms with Crippen LogP contribution in [0.4, 0.5) is 13.2 Å². The fourth-order valence-corrected chi connectivity index (χ4v) is 4.80. The van der Waals surface area contributed by atoms with E-state index < -0.39 is 45.8 Å². The average Bonchev–Trinajstić information content (AvgIpc) is 2.66. The molecule has 3 aliphatic rings. The normalized spacial score (nSPS) is 53.5.